The van der Waals surface area contributed by atoms with E-state index in [1.54, 1.807) is 0 Å². The van der Waals surface area contributed by atoms with Gasteiger partial charge in [0.15, 0.2) is 0 Å². The predicted octanol–water partition coefficient (Wildman–Crippen LogP) is 5.23. The van der Waals surface area contributed by atoms with Gasteiger partial charge in [0.25, 0.3) is 0 Å². The van der Waals surface area contributed by atoms with Crippen molar-refractivity contribution in [1.82, 2.24) is 0 Å². The van der Waals surface area contributed by atoms with Crippen LogP contribution in [0.2, 0.25) is 0 Å². The van der Waals surface area contributed by atoms with E-state index in [2.05, 4.69) is 96.0 Å². The van der Waals surface area contributed by atoms with Crippen molar-refractivity contribution in [3.8, 4) is 0 Å². The monoisotopic (exact) mass is 762 g/mol. The summed E-state index contributed by atoms with van der Waals surface area (Å²) in [4.78, 5) is 0. The van der Waals surface area contributed by atoms with Crippen LogP contribution in [0.1, 0.15) is 0 Å². The molecule has 0 aromatic rings. The smallest absolute Gasteiger partial charge is 0.0639 e. The Balaban J connectivity index is -0.0000000344. The van der Waals surface area contributed by atoms with Gasteiger partial charge in [-0.05, 0) is 13.1 Å². The van der Waals surface area contributed by atoms with Crippen molar-refractivity contribution in [3.05, 3.63) is 55.3 Å². The second kappa shape index (κ2) is 30.4. The molecule has 4 radical (unpaired) electrons. The van der Waals surface area contributed by atoms with E-state index < -0.39 is 14.5 Å². The normalized spacial score (nSPS) is 10.4. The summed E-state index contributed by atoms with van der Waals surface area (Å²) in [6.07, 6.45) is 3.21. The average Bonchev–Trinajstić information content (AvgIpc) is 2.55. The van der Waals surface area contributed by atoms with Gasteiger partial charge in [-0.2, -0.15) is 21.0 Å². The molecule has 2 nitrogen and oxygen atoms in total. The van der Waals surface area contributed by atoms with Crippen LogP contribution in [0.5, 0.6) is 0 Å². The predicted molar refractivity (Wildman–Crippen MR) is 134 cm³/mol. The van der Waals surface area contributed by atoms with Crippen LogP contribution < -0.4 is 0 Å². The standard InChI is InChI=1S/C6H14N.C6H14P.C5H12N.C5H12P.4Y/c2*1-5-7(3,4)6-2;2*1-5-6(2,3)4;;;;/h2*1-2,5-6H2,3-4H3;2*1-2,5H2,3-4H3;;;;/q4*-1;;;;. The maximum atomic E-state index is 3.94. The zero-order chi connectivity index (χ0) is 22.2. The van der Waals surface area contributed by atoms with Gasteiger partial charge < -0.3 is 29.7 Å². The van der Waals surface area contributed by atoms with Crippen molar-refractivity contribution in [2.24, 2.45) is 0 Å². The molecule has 0 bridgehead atoms. The fourth-order valence-corrected chi connectivity index (χ4v) is 0.447. The Morgan fingerprint density at radius 3 is 0.767 bits per heavy atom. The molecule has 0 rings (SSSR count). The summed E-state index contributed by atoms with van der Waals surface area (Å²) < 4.78 is 1.62. The molecule has 0 unspecified atom stereocenters. The maximum absolute atomic E-state index is 3.94. The largest absolute Gasteiger partial charge is 0.487 e. The van der Waals surface area contributed by atoms with Gasteiger partial charge in [0.2, 0.25) is 0 Å². The van der Waals surface area contributed by atoms with E-state index in [1.807, 2.05) is 14.1 Å². The Kier molecular flexibility index (Phi) is 56.4. The molecule has 0 saturated carbocycles. The van der Waals surface area contributed by atoms with Crippen LogP contribution in [-0.4, -0.2) is 102 Å². The number of hydrogen-bond donors (Lipinski definition) is 0. The van der Waals surface area contributed by atoms with Crippen molar-refractivity contribution in [2.45, 2.75) is 0 Å². The Bertz CT molecular complexity index is 262. The third kappa shape index (κ3) is 64.0. The summed E-state index contributed by atoms with van der Waals surface area (Å²) in [6.45, 7) is 38.2. The Morgan fingerprint density at radius 2 is 0.767 bits per heavy atom. The molecule has 0 fully saturated rings. The second-order valence-electron chi connectivity index (χ2n) is 9.08. The molecular weight excluding hydrogens is 710 g/mol. The van der Waals surface area contributed by atoms with Crippen molar-refractivity contribution in [1.29, 1.82) is 0 Å². The minimum Gasteiger partial charge on any atom is -0.487 e. The first-order valence-electron chi connectivity index (χ1n) is 9.11. The summed E-state index contributed by atoms with van der Waals surface area (Å²) in [6, 6.07) is 0. The van der Waals surface area contributed by atoms with E-state index in [0.717, 1.165) is 42.6 Å². The van der Waals surface area contributed by atoms with Gasteiger partial charge >= 0.3 is 0 Å². The SMILES string of the molecule is [CH2-]C[N+](C)(C)C[CH2-].[CH2-]C[N+]([CH2-])(C)C.[CH2-]C[P+](C)(C)C[CH2-].[CH2-]C[P+]([CH2-])(C)C.[Y].[Y].[Y].[Y]. The van der Waals surface area contributed by atoms with Gasteiger partial charge in [0, 0.05) is 172 Å². The van der Waals surface area contributed by atoms with E-state index in [-0.39, 0.29) is 131 Å². The van der Waals surface area contributed by atoms with Crippen LogP contribution in [0, 0.1) is 55.3 Å². The first-order valence-corrected chi connectivity index (χ1v) is 15.2. The zero-order valence-electron chi connectivity index (χ0n) is 22.0. The van der Waals surface area contributed by atoms with Crippen molar-refractivity contribution < 1.29 is 140 Å². The van der Waals surface area contributed by atoms with Crippen LogP contribution in [0.25, 0.3) is 0 Å². The fourth-order valence-electron chi connectivity index (χ4n) is 0.224. The Morgan fingerprint density at radius 1 is 0.567 bits per heavy atom. The van der Waals surface area contributed by atoms with Crippen LogP contribution in [0.4, 0.5) is 0 Å². The molecule has 0 amide bonds. The fraction of sp³-hybridized carbons (Fsp3) is 0.636. The van der Waals surface area contributed by atoms with Crippen molar-refractivity contribution in [3.63, 3.8) is 0 Å². The molecule has 0 N–H and O–H groups in total. The molecule has 0 aromatic carbocycles. The summed E-state index contributed by atoms with van der Waals surface area (Å²) in [5, 5.41) is 0. The molecule has 0 saturated heterocycles. The Hall–Kier alpha value is 5.20. The molecule has 0 aromatic heterocycles. The summed E-state index contributed by atoms with van der Waals surface area (Å²) in [5.41, 5.74) is 0. The molecule has 0 aliphatic rings. The van der Waals surface area contributed by atoms with E-state index in [9.17, 15) is 0 Å². The molecule has 0 aliphatic heterocycles. The topological polar surface area (TPSA) is 0 Å². The van der Waals surface area contributed by atoms with Gasteiger partial charge in [-0.3, -0.25) is 20.8 Å². The average molecular weight is 762 g/mol. The third-order valence-electron chi connectivity index (χ3n) is 3.63. The van der Waals surface area contributed by atoms with Gasteiger partial charge in [0.05, 0.1) is 14.1 Å². The van der Waals surface area contributed by atoms with Crippen LogP contribution in [0.15, 0.2) is 0 Å². The molecule has 176 valence electrons. The summed E-state index contributed by atoms with van der Waals surface area (Å²) >= 11 is 0. The second-order valence-corrected chi connectivity index (χ2v) is 18.2. The van der Waals surface area contributed by atoms with Crippen LogP contribution >= 0.6 is 14.5 Å². The van der Waals surface area contributed by atoms with Gasteiger partial charge in [-0.15, -0.1) is 0 Å². The molecule has 0 heterocycles. The molecular formula is C22H52N2P2Y4-4. The van der Waals surface area contributed by atoms with Gasteiger partial charge in [-0.25, -0.2) is 0 Å². The molecule has 0 atom stereocenters. The minimum absolute atomic E-state index is 0. The maximum Gasteiger partial charge on any atom is 0.0639 e. The van der Waals surface area contributed by atoms with E-state index in [1.165, 1.54) is 0 Å². The first kappa shape index (κ1) is 55.6. The number of rotatable bonds is 6. The van der Waals surface area contributed by atoms with E-state index in [0.29, 0.717) is 4.48 Å². The third-order valence-corrected chi connectivity index (χ3v) is 7.26. The molecule has 30 heavy (non-hydrogen) atoms. The molecule has 0 aliphatic carbocycles. The zero-order valence-corrected chi connectivity index (χ0v) is 35.1. The Labute approximate surface area is 297 Å². The van der Waals surface area contributed by atoms with Crippen molar-refractivity contribution >= 4 is 14.5 Å². The van der Waals surface area contributed by atoms with E-state index >= 15 is 0 Å². The summed E-state index contributed by atoms with van der Waals surface area (Å²) in [7, 11) is 10.6. The number of nitrogens with zero attached hydrogens (tertiary/aromatic N) is 2. The first-order chi connectivity index (χ1) is 11.4. The van der Waals surface area contributed by atoms with Gasteiger partial charge in [0.1, 0.15) is 0 Å². The minimum atomic E-state index is -0.758. The number of hydrogen-bond acceptors (Lipinski definition) is 0. The molecule has 8 heteroatoms. The van der Waals surface area contributed by atoms with Gasteiger partial charge in [-0.1, -0.05) is 32.3 Å². The molecule has 0 spiro atoms. The van der Waals surface area contributed by atoms with Crippen LogP contribution in [0.3, 0.4) is 0 Å². The van der Waals surface area contributed by atoms with Crippen LogP contribution in [-0.2, 0) is 131 Å². The van der Waals surface area contributed by atoms with E-state index in [4.69, 9.17) is 0 Å². The summed E-state index contributed by atoms with van der Waals surface area (Å²) in [5.74, 6) is 0. The van der Waals surface area contributed by atoms with Crippen molar-refractivity contribution in [2.75, 3.05) is 93.0 Å². The quantitative estimate of drug-likeness (QED) is 0.198. The number of quaternary nitrogens is 2.